The Balaban J connectivity index is 0.00000353. The molecule has 2 aromatic rings. The molecule has 0 radical (unpaired) electrons. The maximum absolute atomic E-state index is 13.2. The van der Waals surface area contributed by atoms with E-state index in [1.54, 1.807) is 31.3 Å². The Morgan fingerprint density at radius 2 is 1.74 bits per heavy atom. The lowest BCUT2D eigenvalue weighted by Crippen LogP contribution is -2.50. The van der Waals surface area contributed by atoms with Gasteiger partial charge in [-0.15, -0.1) is 12.4 Å². The van der Waals surface area contributed by atoms with Gasteiger partial charge in [-0.1, -0.05) is 54.8 Å². The van der Waals surface area contributed by atoms with E-state index in [0.29, 0.717) is 34.6 Å². The molecular formula is C29H40Cl2N4O3S. The van der Waals surface area contributed by atoms with Gasteiger partial charge in [0.05, 0.1) is 17.0 Å². The molecule has 10 heteroatoms. The molecule has 0 spiro atoms. The second-order valence-corrected chi connectivity index (χ2v) is 13.5. The van der Waals surface area contributed by atoms with Crippen LogP contribution < -0.4 is 5.32 Å². The van der Waals surface area contributed by atoms with Gasteiger partial charge < -0.3 is 15.1 Å². The predicted octanol–water partition coefficient (Wildman–Crippen LogP) is 5.36. The molecule has 3 atom stereocenters. The van der Waals surface area contributed by atoms with E-state index in [1.807, 2.05) is 30.3 Å². The van der Waals surface area contributed by atoms with Crippen molar-refractivity contribution < 1.29 is 13.2 Å². The van der Waals surface area contributed by atoms with Crippen molar-refractivity contribution in [3.8, 4) is 0 Å². The Kier molecular flexibility index (Phi) is 10.2. The first kappa shape index (κ1) is 30.1. The van der Waals surface area contributed by atoms with Gasteiger partial charge in [-0.05, 0) is 74.4 Å². The highest BCUT2D eigenvalue weighted by Gasteiger charge is 2.44. The highest BCUT2D eigenvalue weighted by Crippen LogP contribution is 2.33. The molecule has 5 rings (SSSR count). The molecule has 39 heavy (non-hydrogen) atoms. The number of halogens is 2. The van der Waals surface area contributed by atoms with Crippen LogP contribution >= 0.6 is 24.0 Å². The zero-order valence-electron chi connectivity index (χ0n) is 22.5. The number of hydrogen-bond donors (Lipinski definition) is 1. The number of urea groups is 1. The molecule has 214 valence electrons. The largest absolute Gasteiger partial charge is 0.333 e. The Morgan fingerprint density at radius 3 is 2.46 bits per heavy atom. The first-order chi connectivity index (χ1) is 18.3. The fourth-order valence-electron chi connectivity index (χ4n) is 6.50. The summed E-state index contributed by atoms with van der Waals surface area (Å²) in [6.45, 7) is 3.16. The number of nitrogens with one attached hydrogen (secondary N) is 1. The van der Waals surface area contributed by atoms with Gasteiger partial charge in [0.15, 0.2) is 0 Å². The van der Waals surface area contributed by atoms with Gasteiger partial charge in [0.1, 0.15) is 0 Å². The zero-order chi connectivity index (χ0) is 26.7. The molecule has 7 nitrogen and oxygen atoms in total. The van der Waals surface area contributed by atoms with Crippen LogP contribution in [0.1, 0.15) is 56.4 Å². The Morgan fingerprint density at radius 1 is 1.03 bits per heavy atom. The van der Waals surface area contributed by atoms with E-state index in [9.17, 15) is 13.2 Å². The predicted molar refractivity (Wildman–Crippen MR) is 158 cm³/mol. The Hall–Kier alpha value is -1.84. The van der Waals surface area contributed by atoms with Crippen molar-refractivity contribution in [3.63, 3.8) is 0 Å². The van der Waals surface area contributed by atoms with Gasteiger partial charge in [-0.3, -0.25) is 0 Å². The van der Waals surface area contributed by atoms with Crippen LogP contribution in [0.3, 0.4) is 0 Å². The lowest BCUT2D eigenvalue weighted by molar-refractivity contribution is 0.100. The quantitative estimate of drug-likeness (QED) is 0.424. The monoisotopic (exact) mass is 594 g/mol. The summed E-state index contributed by atoms with van der Waals surface area (Å²) >= 11 is 6.32. The summed E-state index contributed by atoms with van der Waals surface area (Å²) < 4.78 is 27.9. The molecule has 3 fully saturated rings. The number of likely N-dealkylation sites (tertiary alicyclic amines) is 1. The topological polar surface area (TPSA) is 73.0 Å². The zero-order valence-corrected chi connectivity index (χ0v) is 24.9. The molecule has 1 saturated carbocycles. The Labute approximate surface area is 244 Å². The highest BCUT2D eigenvalue weighted by molar-refractivity contribution is 7.89. The molecule has 0 unspecified atom stereocenters. The molecular weight excluding hydrogens is 555 g/mol. The van der Waals surface area contributed by atoms with E-state index < -0.39 is 10.0 Å². The number of likely N-dealkylation sites (N-methyl/N-ethyl adjacent to an activating group) is 1. The standard InChI is InChI=1S/C29H39ClN4O3S.ClH/c1-32(38(36,37)26-10-3-2-4-11-26)21-23(22-8-7-9-24(30)20-22)14-17-33-18-15-25(16-19-33)34-28-13-6-5-12-27(28)31-29(34)35;/h2-4,7-11,20,23,25,27-28H,5-6,12-19,21H2,1H3,(H,31,35);1H/t23-,27-,28+;/m1./s1. The molecule has 1 N–H and O–H groups in total. The maximum atomic E-state index is 13.2. The third kappa shape index (κ3) is 6.91. The summed E-state index contributed by atoms with van der Waals surface area (Å²) in [6.07, 6.45) is 7.44. The molecule has 2 aliphatic heterocycles. The van der Waals surface area contributed by atoms with Gasteiger partial charge in [-0.2, -0.15) is 0 Å². The molecule has 0 aromatic heterocycles. The number of carbonyl (C=O) groups is 1. The fourth-order valence-corrected chi connectivity index (χ4v) is 7.93. The molecule has 2 heterocycles. The van der Waals surface area contributed by atoms with Crippen LogP contribution in [0.4, 0.5) is 4.79 Å². The van der Waals surface area contributed by atoms with Crippen molar-refractivity contribution in [1.29, 1.82) is 0 Å². The normalized spacial score (nSPS) is 23.3. The van der Waals surface area contributed by atoms with Crippen LogP contribution in [0.2, 0.25) is 5.02 Å². The first-order valence-corrected chi connectivity index (χ1v) is 15.7. The summed E-state index contributed by atoms with van der Waals surface area (Å²) in [5.41, 5.74) is 1.06. The molecule has 0 bridgehead atoms. The van der Waals surface area contributed by atoms with Crippen molar-refractivity contribution >= 4 is 40.1 Å². The summed E-state index contributed by atoms with van der Waals surface area (Å²) in [7, 11) is -1.93. The minimum atomic E-state index is -3.58. The smallest absolute Gasteiger partial charge is 0.318 e. The SMILES string of the molecule is CN(C[C@@H](CCN1CCC(N2C(=O)N[C@@H]3CCCC[C@@H]32)CC1)c1cccc(Cl)c1)S(=O)(=O)c1ccccc1.Cl. The van der Waals surface area contributed by atoms with E-state index in [0.717, 1.165) is 57.3 Å². The summed E-state index contributed by atoms with van der Waals surface area (Å²) in [5, 5.41) is 3.89. The summed E-state index contributed by atoms with van der Waals surface area (Å²) in [5.74, 6) is 0.0160. The van der Waals surface area contributed by atoms with Gasteiger partial charge >= 0.3 is 6.03 Å². The second-order valence-electron chi connectivity index (χ2n) is 11.0. The average Bonchev–Trinajstić information content (AvgIpc) is 3.27. The molecule has 1 aliphatic carbocycles. The second kappa shape index (κ2) is 13.2. The summed E-state index contributed by atoms with van der Waals surface area (Å²) in [4.78, 5) is 17.7. The molecule has 3 aliphatic rings. The first-order valence-electron chi connectivity index (χ1n) is 13.9. The third-order valence-corrected chi connectivity index (χ3v) is 10.7. The highest BCUT2D eigenvalue weighted by atomic mass is 35.5. The minimum Gasteiger partial charge on any atom is -0.333 e. The Bertz CT molecular complexity index is 1210. The van der Waals surface area contributed by atoms with Crippen LogP contribution in [0, 0.1) is 0 Å². The van der Waals surface area contributed by atoms with E-state index in [1.165, 1.54) is 17.1 Å². The number of carbonyl (C=O) groups excluding carboxylic acids is 1. The van der Waals surface area contributed by atoms with Crippen LogP contribution in [-0.2, 0) is 10.0 Å². The number of fused-ring (bicyclic) bond motifs is 1. The molecule has 2 aromatic carbocycles. The van der Waals surface area contributed by atoms with E-state index in [4.69, 9.17) is 11.6 Å². The van der Waals surface area contributed by atoms with Crippen molar-refractivity contribution in [2.45, 2.75) is 73.9 Å². The third-order valence-electron chi connectivity index (χ3n) is 8.62. The van der Waals surface area contributed by atoms with Crippen LogP contribution in [0.15, 0.2) is 59.5 Å². The van der Waals surface area contributed by atoms with Crippen LogP contribution in [-0.4, -0.2) is 79.9 Å². The number of hydrogen-bond acceptors (Lipinski definition) is 4. The number of nitrogens with zero attached hydrogens (tertiary/aromatic N) is 3. The van der Waals surface area contributed by atoms with Crippen LogP contribution in [0.5, 0.6) is 0 Å². The van der Waals surface area contributed by atoms with Crippen molar-refractivity contribution in [1.82, 2.24) is 19.4 Å². The lowest BCUT2D eigenvalue weighted by Gasteiger charge is -2.40. The number of benzene rings is 2. The van der Waals surface area contributed by atoms with Crippen molar-refractivity contribution in [2.75, 3.05) is 33.2 Å². The van der Waals surface area contributed by atoms with E-state index in [-0.39, 0.29) is 24.4 Å². The molecule has 2 amide bonds. The molecule has 2 saturated heterocycles. The minimum absolute atomic E-state index is 0. The number of sulfonamides is 1. The van der Waals surface area contributed by atoms with Crippen LogP contribution in [0.25, 0.3) is 0 Å². The van der Waals surface area contributed by atoms with E-state index in [2.05, 4.69) is 15.1 Å². The number of amides is 2. The van der Waals surface area contributed by atoms with Gasteiger partial charge in [0.2, 0.25) is 10.0 Å². The van der Waals surface area contributed by atoms with E-state index >= 15 is 0 Å². The van der Waals surface area contributed by atoms with Gasteiger partial charge in [-0.25, -0.2) is 17.5 Å². The average molecular weight is 596 g/mol. The summed E-state index contributed by atoms with van der Waals surface area (Å²) in [6, 6.07) is 17.5. The van der Waals surface area contributed by atoms with Gasteiger partial charge in [0.25, 0.3) is 0 Å². The van der Waals surface area contributed by atoms with Gasteiger partial charge in [0, 0.05) is 37.7 Å². The number of piperidine rings is 1. The van der Waals surface area contributed by atoms with Crippen molar-refractivity contribution in [3.05, 3.63) is 65.2 Å². The fraction of sp³-hybridized carbons (Fsp3) is 0.552. The van der Waals surface area contributed by atoms with Crippen molar-refractivity contribution in [2.24, 2.45) is 0 Å². The number of rotatable bonds is 9. The maximum Gasteiger partial charge on any atom is 0.318 e. The lowest BCUT2D eigenvalue weighted by atomic mass is 9.89.